The van der Waals surface area contributed by atoms with Gasteiger partial charge in [-0.05, 0) is 42.5 Å². The summed E-state index contributed by atoms with van der Waals surface area (Å²) in [6, 6.07) is 10.5. The molecule has 0 saturated carbocycles. The van der Waals surface area contributed by atoms with Crippen molar-refractivity contribution < 1.29 is 18.7 Å². The van der Waals surface area contributed by atoms with E-state index in [1.165, 1.54) is 4.90 Å². The average molecular weight is 423 g/mol. The summed E-state index contributed by atoms with van der Waals surface area (Å²) in [7, 11) is 1.62. The molecule has 1 aliphatic carbocycles. The van der Waals surface area contributed by atoms with E-state index in [9.17, 15) is 23.5 Å². The Morgan fingerprint density at radius 3 is 2.52 bits per heavy atom. The number of rotatable bonds is 2. The third-order valence-electron chi connectivity index (χ3n) is 6.06. The number of aliphatic hydroxyl groups is 1. The fraction of sp³-hybridized carbons (Fsp3) is 0.217. The summed E-state index contributed by atoms with van der Waals surface area (Å²) in [6.07, 6.45) is -0.253. The van der Waals surface area contributed by atoms with Crippen LogP contribution in [0.3, 0.4) is 0 Å². The van der Waals surface area contributed by atoms with Crippen molar-refractivity contribution in [2.75, 3.05) is 7.05 Å². The minimum absolute atomic E-state index is 0.0248. The fourth-order valence-corrected chi connectivity index (χ4v) is 4.49. The highest BCUT2D eigenvalue weighted by Gasteiger charge is 2.34. The van der Waals surface area contributed by atoms with Crippen molar-refractivity contribution in [2.45, 2.75) is 25.0 Å². The van der Waals surface area contributed by atoms with Crippen LogP contribution in [-0.2, 0) is 0 Å². The number of halogens is 2. The number of fused-ring (bicyclic) bond motifs is 4. The van der Waals surface area contributed by atoms with E-state index < -0.39 is 29.3 Å². The van der Waals surface area contributed by atoms with Crippen LogP contribution in [0.15, 0.2) is 47.3 Å². The van der Waals surface area contributed by atoms with Gasteiger partial charge in [0, 0.05) is 23.5 Å². The van der Waals surface area contributed by atoms with Gasteiger partial charge in [0.1, 0.15) is 5.69 Å². The smallest absolute Gasteiger partial charge is 0.270 e. The number of aromatic amines is 2. The molecule has 31 heavy (non-hydrogen) atoms. The number of hydrogen-bond donors (Lipinski definition) is 3. The van der Waals surface area contributed by atoms with Crippen molar-refractivity contribution in [1.29, 1.82) is 0 Å². The third kappa shape index (κ3) is 3.02. The second-order valence-electron chi connectivity index (χ2n) is 7.89. The number of aliphatic hydroxyl groups excluding tert-OH is 1. The molecule has 0 bridgehead atoms. The van der Waals surface area contributed by atoms with Crippen molar-refractivity contribution in [2.24, 2.45) is 0 Å². The molecule has 0 aliphatic heterocycles. The van der Waals surface area contributed by atoms with E-state index in [1.54, 1.807) is 13.1 Å². The number of carbonyl (C=O) groups is 1. The maximum absolute atomic E-state index is 14.1. The Bertz CT molecular complexity index is 1380. The zero-order valence-corrected chi connectivity index (χ0v) is 16.6. The molecule has 8 heteroatoms. The molecule has 0 radical (unpaired) electrons. The number of amides is 1. The van der Waals surface area contributed by atoms with Crippen LogP contribution in [0.2, 0.25) is 0 Å². The van der Waals surface area contributed by atoms with Crippen LogP contribution in [0.5, 0.6) is 0 Å². The van der Waals surface area contributed by atoms with E-state index in [1.807, 2.05) is 24.3 Å². The van der Waals surface area contributed by atoms with Gasteiger partial charge in [-0.1, -0.05) is 18.2 Å². The van der Waals surface area contributed by atoms with E-state index in [-0.39, 0.29) is 22.4 Å². The largest absolute Gasteiger partial charge is 0.387 e. The molecule has 1 amide bonds. The van der Waals surface area contributed by atoms with Crippen LogP contribution in [-0.4, -0.2) is 32.9 Å². The first kappa shape index (κ1) is 19.4. The lowest BCUT2D eigenvalue weighted by Gasteiger charge is -2.35. The Morgan fingerprint density at radius 1 is 1.06 bits per heavy atom. The maximum atomic E-state index is 14.1. The Morgan fingerprint density at radius 2 is 1.77 bits per heavy atom. The molecule has 6 nitrogen and oxygen atoms in total. The highest BCUT2D eigenvalue weighted by molar-refractivity contribution is 5.98. The van der Waals surface area contributed by atoms with Crippen molar-refractivity contribution in [1.82, 2.24) is 14.9 Å². The molecule has 2 aromatic heterocycles. The molecule has 158 valence electrons. The summed E-state index contributed by atoms with van der Waals surface area (Å²) in [6.45, 7) is 0. The van der Waals surface area contributed by atoms with Crippen molar-refractivity contribution >= 4 is 27.6 Å². The van der Waals surface area contributed by atoms with Gasteiger partial charge in [0.2, 0.25) is 0 Å². The highest BCUT2D eigenvalue weighted by atomic mass is 19.2. The third-order valence-corrected chi connectivity index (χ3v) is 6.06. The normalized spacial score (nSPS) is 18.3. The quantitative estimate of drug-likeness (QED) is 0.456. The van der Waals surface area contributed by atoms with Crippen LogP contribution >= 0.6 is 0 Å². The Balaban J connectivity index is 1.65. The van der Waals surface area contributed by atoms with Crippen LogP contribution in [0.1, 0.15) is 46.7 Å². The standard InChI is InChI=1S/C23H19F2N3O3/c1-28(23(31)17-8-11-4-2-3-5-16(11)26-17)18-6-7-19(29)21-20(18)12-9-14(24)15(25)10-13(12)22(30)27-21/h2-5,8-10,18-19,26,29H,6-7H2,1H3,(H,27,30). The van der Waals surface area contributed by atoms with E-state index >= 15 is 0 Å². The van der Waals surface area contributed by atoms with Gasteiger partial charge in [0.05, 0.1) is 23.2 Å². The van der Waals surface area contributed by atoms with E-state index in [2.05, 4.69) is 9.97 Å². The highest BCUT2D eigenvalue weighted by Crippen LogP contribution is 2.41. The lowest BCUT2D eigenvalue weighted by atomic mass is 9.85. The number of benzene rings is 2. The molecule has 3 N–H and O–H groups in total. The summed E-state index contributed by atoms with van der Waals surface area (Å²) >= 11 is 0. The first-order valence-electron chi connectivity index (χ1n) is 9.93. The molecule has 0 spiro atoms. The predicted octanol–water partition coefficient (Wildman–Crippen LogP) is 3.93. The average Bonchev–Trinajstić information content (AvgIpc) is 3.19. The molecule has 5 rings (SSSR count). The van der Waals surface area contributed by atoms with Gasteiger partial charge in [0.15, 0.2) is 11.6 Å². The molecule has 0 saturated heterocycles. The minimum Gasteiger partial charge on any atom is -0.387 e. The van der Waals surface area contributed by atoms with E-state index in [0.29, 0.717) is 24.1 Å². The summed E-state index contributed by atoms with van der Waals surface area (Å²) in [5, 5.41) is 11.5. The number of carbonyl (C=O) groups excluding carboxylic acids is 1. The van der Waals surface area contributed by atoms with E-state index in [0.717, 1.165) is 23.0 Å². The SMILES string of the molecule is CN(C(=O)c1cc2ccccc2[nH]1)C1CCC(O)c2[nH]c(=O)c3cc(F)c(F)cc3c21. The maximum Gasteiger partial charge on any atom is 0.270 e. The zero-order valence-electron chi connectivity index (χ0n) is 16.6. The van der Waals surface area contributed by atoms with Crippen molar-refractivity contribution in [3.8, 4) is 0 Å². The zero-order chi connectivity index (χ0) is 21.9. The van der Waals surface area contributed by atoms with Gasteiger partial charge in [-0.15, -0.1) is 0 Å². The van der Waals surface area contributed by atoms with Crippen molar-refractivity contribution in [3.05, 3.63) is 81.4 Å². The van der Waals surface area contributed by atoms with Crippen LogP contribution in [0.4, 0.5) is 8.78 Å². The number of nitrogens with zero attached hydrogens (tertiary/aromatic N) is 1. The summed E-state index contributed by atoms with van der Waals surface area (Å²) < 4.78 is 27.9. The van der Waals surface area contributed by atoms with Crippen LogP contribution in [0, 0.1) is 11.6 Å². The van der Waals surface area contributed by atoms with Gasteiger partial charge in [-0.2, -0.15) is 0 Å². The summed E-state index contributed by atoms with van der Waals surface area (Å²) in [5.74, 6) is -2.51. The number of nitrogens with one attached hydrogen (secondary N) is 2. The minimum atomic E-state index is -1.13. The van der Waals surface area contributed by atoms with E-state index in [4.69, 9.17) is 0 Å². The lowest BCUT2D eigenvalue weighted by Crippen LogP contribution is -2.35. The second-order valence-corrected chi connectivity index (χ2v) is 7.89. The molecule has 2 heterocycles. The number of para-hydroxylation sites is 1. The number of pyridine rings is 1. The first-order valence-corrected chi connectivity index (χ1v) is 9.93. The summed E-state index contributed by atoms with van der Waals surface area (Å²) in [4.78, 5) is 32.9. The molecule has 1 aliphatic rings. The van der Waals surface area contributed by atoms with Crippen molar-refractivity contribution in [3.63, 3.8) is 0 Å². The molecular weight excluding hydrogens is 404 g/mol. The Kier molecular flexibility index (Phi) is 4.40. The van der Waals surface area contributed by atoms with Crippen LogP contribution < -0.4 is 5.56 Å². The number of hydrogen-bond acceptors (Lipinski definition) is 3. The number of aromatic nitrogens is 2. The molecule has 0 fully saturated rings. The Hall–Kier alpha value is -3.52. The van der Waals surface area contributed by atoms with Crippen LogP contribution in [0.25, 0.3) is 21.7 Å². The molecule has 4 aromatic rings. The van der Waals surface area contributed by atoms with Gasteiger partial charge in [-0.3, -0.25) is 9.59 Å². The monoisotopic (exact) mass is 423 g/mol. The predicted molar refractivity (Wildman–Crippen MR) is 112 cm³/mol. The van der Waals surface area contributed by atoms with Gasteiger partial charge in [-0.25, -0.2) is 8.78 Å². The Labute approximate surface area is 175 Å². The topological polar surface area (TPSA) is 89.2 Å². The van der Waals surface area contributed by atoms with Gasteiger partial charge in [0.25, 0.3) is 11.5 Å². The lowest BCUT2D eigenvalue weighted by molar-refractivity contribution is 0.0657. The fourth-order valence-electron chi connectivity index (χ4n) is 4.49. The molecular formula is C23H19F2N3O3. The molecule has 2 atom stereocenters. The number of H-pyrrole nitrogens is 2. The second kappa shape index (κ2) is 7.02. The molecule has 2 aromatic carbocycles. The van der Waals surface area contributed by atoms with Gasteiger partial charge >= 0.3 is 0 Å². The molecule has 2 unspecified atom stereocenters. The summed E-state index contributed by atoms with van der Waals surface area (Å²) in [5.41, 5.74) is 1.26. The van der Waals surface area contributed by atoms with Gasteiger partial charge < -0.3 is 20.0 Å². The first-order chi connectivity index (χ1) is 14.8.